The second-order valence-corrected chi connectivity index (χ2v) is 7.45. The van der Waals surface area contributed by atoms with E-state index >= 15 is 0 Å². The van der Waals surface area contributed by atoms with E-state index in [2.05, 4.69) is 68.5 Å². The number of fused-ring (bicyclic) bond motifs is 3. The summed E-state index contributed by atoms with van der Waals surface area (Å²) < 4.78 is 3.56. The van der Waals surface area contributed by atoms with Crippen molar-refractivity contribution in [1.82, 2.24) is 9.38 Å². The molecule has 0 spiro atoms. The lowest BCUT2D eigenvalue weighted by Gasteiger charge is -2.14. The number of allylic oxidation sites excluding steroid dienone is 1. The van der Waals surface area contributed by atoms with Gasteiger partial charge in [0.2, 0.25) is 0 Å². The highest BCUT2D eigenvalue weighted by molar-refractivity contribution is 7.23. The van der Waals surface area contributed by atoms with Crippen LogP contribution in [0.5, 0.6) is 0 Å². The van der Waals surface area contributed by atoms with Crippen LogP contribution >= 0.6 is 11.3 Å². The number of hydrogen-bond donors (Lipinski definition) is 0. The van der Waals surface area contributed by atoms with Crippen LogP contribution in [0.2, 0.25) is 0 Å². The predicted molar refractivity (Wildman–Crippen MR) is 88.4 cm³/mol. The lowest BCUT2D eigenvalue weighted by molar-refractivity contribution is 0.421. The molecule has 0 atom stereocenters. The van der Waals surface area contributed by atoms with Crippen LogP contribution in [-0.4, -0.2) is 9.38 Å². The van der Waals surface area contributed by atoms with Crippen molar-refractivity contribution >= 4 is 32.6 Å². The van der Waals surface area contributed by atoms with Crippen LogP contribution in [0.1, 0.15) is 38.6 Å². The average Bonchev–Trinajstić information content (AvgIpc) is 2.84. The summed E-state index contributed by atoms with van der Waals surface area (Å²) in [5.74, 6) is 0. The number of thiazole rings is 1. The Morgan fingerprint density at radius 2 is 2.00 bits per heavy atom. The summed E-state index contributed by atoms with van der Waals surface area (Å²) in [6, 6.07) is 8.50. The highest BCUT2D eigenvalue weighted by Crippen LogP contribution is 2.29. The van der Waals surface area contributed by atoms with Gasteiger partial charge in [0.15, 0.2) is 4.96 Å². The fraction of sp³-hybridized carbons (Fsp3) is 0.353. The maximum Gasteiger partial charge on any atom is 0.195 e. The maximum atomic E-state index is 4.70. The van der Waals surface area contributed by atoms with Gasteiger partial charge in [-0.2, -0.15) is 0 Å². The van der Waals surface area contributed by atoms with Crippen molar-refractivity contribution < 1.29 is 0 Å². The van der Waals surface area contributed by atoms with Gasteiger partial charge in [-0.3, -0.25) is 4.40 Å². The van der Waals surface area contributed by atoms with Crippen molar-refractivity contribution in [1.29, 1.82) is 0 Å². The molecule has 2 nitrogen and oxygen atoms in total. The van der Waals surface area contributed by atoms with E-state index in [1.165, 1.54) is 15.9 Å². The van der Waals surface area contributed by atoms with Gasteiger partial charge < -0.3 is 0 Å². The summed E-state index contributed by atoms with van der Waals surface area (Å²) in [5.41, 5.74) is 3.89. The summed E-state index contributed by atoms with van der Waals surface area (Å²) in [7, 11) is 0. The SMILES string of the molecule is Cc1nc2sc3ccccc3n2c1/C=C\CC(C)(C)C. The fourth-order valence-corrected chi connectivity index (χ4v) is 3.44. The number of imidazole rings is 1. The van der Waals surface area contributed by atoms with Crippen LogP contribution in [0.3, 0.4) is 0 Å². The molecule has 0 radical (unpaired) electrons. The largest absolute Gasteiger partial charge is 0.283 e. The van der Waals surface area contributed by atoms with Gasteiger partial charge in [0, 0.05) is 0 Å². The number of rotatable bonds is 2. The van der Waals surface area contributed by atoms with Crippen LogP contribution in [0.25, 0.3) is 21.3 Å². The molecular weight excluding hydrogens is 264 g/mol. The van der Waals surface area contributed by atoms with Gasteiger partial charge in [0.1, 0.15) is 0 Å². The van der Waals surface area contributed by atoms with Crippen molar-refractivity contribution in [2.75, 3.05) is 0 Å². The first-order valence-electron chi connectivity index (χ1n) is 6.99. The van der Waals surface area contributed by atoms with E-state index in [-0.39, 0.29) is 0 Å². The second-order valence-electron chi connectivity index (χ2n) is 6.44. The molecule has 0 amide bonds. The molecule has 0 saturated carbocycles. The van der Waals surface area contributed by atoms with E-state index in [1.807, 2.05) is 0 Å². The highest BCUT2D eigenvalue weighted by Gasteiger charge is 2.12. The number of aryl methyl sites for hydroxylation is 1. The lowest BCUT2D eigenvalue weighted by Crippen LogP contribution is -2.01. The van der Waals surface area contributed by atoms with Gasteiger partial charge in [-0.15, -0.1) is 0 Å². The van der Waals surface area contributed by atoms with Crippen LogP contribution < -0.4 is 0 Å². The summed E-state index contributed by atoms with van der Waals surface area (Å²) in [4.78, 5) is 5.78. The van der Waals surface area contributed by atoms with Gasteiger partial charge in [-0.05, 0) is 37.0 Å². The minimum absolute atomic E-state index is 0.324. The molecule has 0 unspecified atom stereocenters. The van der Waals surface area contributed by atoms with Crippen molar-refractivity contribution in [2.24, 2.45) is 5.41 Å². The first kappa shape index (κ1) is 13.4. The predicted octanol–water partition coefficient (Wildman–Crippen LogP) is 5.31. The number of aromatic nitrogens is 2. The molecule has 104 valence electrons. The third kappa shape index (κ3) is 2.38. The molecule has 0 aliphatic carbocycles. The van der Waals surface area contributed by atoms with Crippen molar-refractivity contribution in [2.45, 2.75) is 34.1 Å². The third-order valence-electron chi connectivity index (χ3n) is 3.38. The highest BCUT2D eigenvalue weighted by atomic mass is 32.1. The first-order valence-corrected chi connectivity index (χ1v) is 7.80. The van der Waals surface area contributed by atoms with E-state index in [0.29, 0.717) is 5.41 Å². The van der Waals surface area contributed by atoms with E-state index < -0.39 is 0 Å². The van der Waals surface area contributed by atoms with Crippen molar-refractivity contribution in [3.8, 4) is 0 Å². The minimum atomic E-state index is 0.324. The zero-order chi connectivity index (χ0) is 14.3. The minimum Gasteiger partial charge on any atom is -0.283 e. The van der Waals surface area contributed by atoms with Gasteiger partial charge >= 0.3 is 0 Å². The van der Waals surface area contributed by atoms with Gasteiger partial charge in [-0.25, -0.2) is 4.98 Å². The fourth-order valence-electron chi connectivity index (χ4n) is 2.36. The molecule has 20 heavy (non-hydrogen) atoms. The zero-order valence-electron chi connectivity index (χ0n) is 12.5. The van der Waals surface area contributed by atoms with Crippen LogP contribution in [0, 0.1) is 12.3 Å². The van der Waals surface area contributed by atoms with E-state index in [9.17, 15) is 0 Å². The Balaban J connectivity index is 2.12. The Hall–Kier alpha value is -1.61. The van der Waals surface area contributed by atoms with Gasteiger partial charge in [-0.1, -0.05) is 50.3 Å². The first-order chi connectivity index (χ1) is 9.46. The molecule has 0 N–H and O–H groups in total. The van der Waals surface area contributed by atoms with Gasteiger partial charge in [0.05, 0.1) is 21.6 Å². The molecule has 0 aliphatic rings. The number of nitrogens with zero attached hydrogens (tertiary/aromatic N) is 2. The lowest BCUT2D eigenvalue weighted by atomic mass is 9.92. The van der Waals surface area contributed by atoms with Gasteiger partial charge in [0.25, 0.3) is 0 Å². The zero-order valence-corrected chi connectivity index (χ0v) is 13.3. The van der Waals surface area contributed by atoms with Crippen LogP contribution in [-0.2, 0) is 0 Å². The molecule has 0 saturated heterocycles. The monoisotopic (exact) mass is 284 g/mol. The second kappa shape index (κ2) is 4.74. The Kier molecular flexibility index (Phi) is 3.17. The Bertz CT molecular complexity index is 784. The van der Waals surface area contributed by atoms with Crippen molar-refractivity contribution in [3.63, 3.8) is 0 Å². The third-order valence-corrected chi connectivity index (χ3v) is 4.40. The quantitative estimate of drug-likeness (QED) is 0.623. The summed E-state index contributed by atoms with van der Waals surface area (Å²) in [5, 5.41) is 0. The molecule has 0 aliphatic heterocycles. The number of benzene rings is 1. The summed E-state index contributed by atoms with van der Waals surface area (Å²) >= 11 is 1.75. The summed E-state index contributed by atoms with van der Waals surface area (Å²) in [6.07, 6.45) is 5.56. The Morgan fingerprint density at radius 3 is 2.75 bits per heavy atom. The molecule has 0 fully saturated rings. The van der Waals surface area contributed by atoms with Crippen molar-refractivity contribution in [3.05, 3.63) is 41.7 Å². The molecule has 3 heteroatoms. The average molecular weight is 284 g/mol. The standard InChI is InChI=1S/C17H20N2S/c1-12-13(9-7-11-17(2,3)4)19-14-8-5-6-10-15(14)20-16(19)18-12/h5-10H,11H2,1-4H3/b9-7-. The van der Waals surface area contributed by atoms with Crippen LogP contribution in [0.4, 0.5) is 0 Å². The molecule has 3 aromatic rings. The maximum absolute atomic E-state index is 4.70. The number of para-hydroxylation sites is 1. The number of hydrogen-bond acceptors (Lipinski definition) is 2. The molecule has 3 rings (SSSR count). The molecule has 1 aromatic carbocycles. The molecule has 0 bridgehead atoms. The molecule has 2 heterocycles. The van der Waals surface area contributed by atoms with E-state index in [1.54, 1.807) is 11.3 Å². The van der Waals surface area contributed by atoms with E-state index in [4.69, 9.17) is 4.98 Å². The Labute approximate surface area is 123 Å². The molecular formula is C17H20N2S. The molecule has 2 aromatic heterocycles. The normalized spacial score (nSPS) is 13.0. The Morgan fingerprint density at radius 1 is 1.25 bits per heavy atom. The van der Waals surface area contributed by atoms with Crippen LogP contribution in [0.15, 0.2) is 30.3 Å². The topological polar surface area (TPSA) is 17.3 Å². The van der Waals surface area contributed by atoms with E-state index in [0.717, 1.165) is 17.1 Å². The summed E-state index contributed by atoms with van der Waals surface area (Å²) in [6.45, 7) is 8.87. The smallest absolute Gasteiger partial charge is 0.195 e.